The van der Waals surface area contributed by atoms with Crippen molar-refractivity contribution in [3.05, 3.63) is 81.9 Å². The molecule has 2 aromatic rings. The molecular formula is C22H20Cl2N2O6. The molecule has 0 aliphatic rings. The third kappa shape index (κ3) is 10.1. The van der Waals surface area contributed by atoms with Gasteiger partial charge in [-0.25, -0.2) is 9.59 Å². The van der Waals surface area contributed by atoms with Crippen molar-refractivity contribution in [3.63, 3.8) is 0 Å². The van der Waals surface area contributed by atoms with E-state index in [0.29, 0.717) is 10.0 Å². The molecule has 0 saturated carbocycles. The van der Waals surface area contributed by atoms with E-state index >= 15 is 0 Å². The molecule has 8 nitrogen and oxygen atoms in total. The SMILES string of the molecule is O=C(COC(=O)/C=C/C(=O)OCC(=O)NCc1ccc(Cl)cc1)NCc1ccc(Cl)cc1. The van der Waals surface area contributed by atoms with Crippen molar-refractivity contribution >= 4 is 47.0 Å². The Labute approximate surface area is 194 Å². The maximum atomic E-state index is 11.7. The van der Waals surface area contributed by atoms with E-state index in [9.17, 15) is 19.2 Å². The maximum Gasteiger partial charge on any atom is 0.331 e. The topological polar surface area (TPSA) is 111 Å². The average molecular weight is 479 g/mol. The van der Waals surface area contributed by atoms with Crippen LogP contribution in [0.2, 0.25) is 10.0 Å². The molecule has 0 aliphatic carbocycles. The first kappa shape index (κ1) is 24.9. The van der Waals surface area contributed by atoms with Gasteiger partial charge in [0.05, 0.1) is 0 Å². The first-order valence-corrected chi connectivity index (χ1v) is 10.1. The molecule has 168 valence electrons. The number of nitrogens with one attached hydrogen (secondary N) is 2. The lowest BCUT2D eigenvalue weighted by atomic mass is 10.2. The minimum absolute atomic E-state index is 0.246. The Morgan fingerprint density at radius 3 is 1.34 bits per heavy atom. The number of esters is 2. The molecule has 0 fully saturated rings. The van der Waals surface area contributed by atoms with Crippen LogP contribution in [0.5, 0.6) is 0 Å². The molecule has 0 unspecified atom stereocenters. The molecule has 0 spiro atoms. The lowest BCUT2D eigenvalue weighted by molar-refractivity contribution is -0.145. The monoisotopic (exact) mass is 478 g/mol. The highest BCUT2D eigenvalue weighted by Crippen LogP contribution is 2.09. The van der Waals surface area contributed by atoms with Crippen molar-refractivity contribution in [2.75, 3.05) is 13.2 Å². The number of hydrogen-bond donors (Lipinski definition) is 2. The largest absolute Gasteiger partial charge is 0.452 e. The molecule has 0 aromatic heterocycles. The lowest BCUT2D eigenvalue weighted by Crippen LogP contribution is -2.28. The number of benzene rings is 2. The van der Waals surface area contributed by atoms with Crippen LogP contribution in [0.15, 0.2) is 60.7 Å². The molecule has 0 atom stereocenters. The van der Waals surface area contributed by atoms with E-state index in [0.717, 1.165) is 23.3 Å². The number of halogens is 2. The van der Waals surface area contributed by atoms with Crippen LogP contribution in [0.3, 0.4) is 0 Å². The number of rotatable bonds is 10. The third-order valence-corrected chi connectivity index (χ3v) is 4.36. The average Bonchev–Trinajstić information content (AvgIpc) is 2.79. The second-order valence-corrected chi connectivity index (χ2v) is 7.23. The molecule has 2 N–H and O–H groups in total. The van der Waals surface area contributed by atoms with Crippen molar-refractivity contribution in [3.8, 4) is 0 Å². The number of ether oxygens (including phenoxy) is 2. The zero-order valence-electron chi connectivity index (χ0n) is 16.8. The fourth-order valence-corrected chi connectivity index (χ4v) is 2.47. The summed E-state index contributed by atoms with van der Waals surface area (Å²) < 4.78 is 9.46. The van der Waals surface area contributed by atoms with Gasteiger partial charge in [-0.2, -0.15) is 0 Å². The highest BCUT2D eigenvalue weighted by atomic mass is 35.5. The molecule has 32 heavy (non-hydrogen) atoms. The first-order chi connectivity index (χ1) is 15.3. The standard InChI is InChI=1S/C22H20Cl2N2O6/c23-17-5-1-15(2-6-17)11-25-19(27)13-31-21(29)9-10-22(30)32-14-20(28)26-12-16-3-7-18(24)8-4-16/h1-10H,11-14H2,(H,25,27)(H,26,28)/b10-9+. The molecule has 0 radical (unpaired) electrons. The van der Waals surface area contributed by atoms with E-state index < -0.39 is 37.0 Å². The molecule has 0 aliphatic heterocycles. The van der Waals surface area contributed by atoms with Crippen molar-refractivity contribution < 1.29 is 28.7 Å². The summed E-state index contributed by atoms with van der Waals surface area (Å²) in [7, 11) is 0. The lowest BCUT2D eigenvalue weighted by Gasteiger charge is -2.06. The van der Waals surface area contributed by atoms with Crippen molar-refractivity contribution in [1.82, 2.24) is 10.6 Å². The van der Waals surface area contributed by atoms with Crippen LogP contribution in [-0.2, 0) is 41.7 Å². The van der Waals surface area contributed by atoms with Gasteiger partial charge in [0.2, 0.25) is 0 Å². The summed E-state index contributed by atoms with van der Waals surface area (Å²) in [6.07, 6.45) is 1.61. The van der Waals surface area contributed by atoms with Crippen molar-refractivity contribution in [1.29, 1.82) is 0 Å². The zero-order valence-corrected chi connectivity index (χ0v) is 18.3. The molecule has 0 heterocycles. The second-order valence-electron chi connectivity index (χ2n) is 6.36. The van der Waals surface area contributed by atoms with E-state index in [4.69, 9.17) is 32.7 Å². The summed E-state index contributed by atoms with van der Waals surface area (Å²) in [6, 6.07) is 13.8. The Hall–Kier alpha value is -3.36. The van der Waals surface area contributed by atoms with Crippen LogP contribution in [0.4, 0.5) is 0 Å². The number of hydrogen-bond acceptors (Lipinski definition) is 6. The van der Waals surface area contributed by atoms with Gasteiger partial charge >= 0.3 is 11.9 Å². The zero-order chi connectivity index (χ0) is 23.3. The molecule has 2 rings (SSSR count). The van der Waals surface area contributed by atoms with Gasteiger partial charge in [0.15, 0.2) is 13.2 Å². The molecule has 0 bridgehead atoms. The Kier molecular flexibility index (Phi) is 10.2. The quantitative estimate of drug-likeness (QED) is 0.401. The fourth-order valence-electron chi connectivity index (χ4n) is 2.21. The minimum Gasteiger partial charge on any atom is -0.452 e. The van der Waals surface area contributed by atoms with Gasteiger partial charge < -0.3 is 20.1 Å². The summed E-state index contributed by atoms with van der Waals surface area (Å²) >= 11 is 11.6. The van der Waals surface area contributed by atoms with Gasteiger partial charge in [-0.1, -0.05) is 47.5 Å². The summed E-state index contributed by atoms with van der Waals surface area (Å²) in [5.74, 6) is -2.84. The van der Waals surface area contributed by atoms with Crippen LogP contribution < -0.4 is 10.6 Å². The summed E-state index contributed by atoms with van der Waals surface area (Å²) in [5, 5.41) is 6.31. The van der Waals surface area contributed by atoms with Crippen LogP contribution in [0.1, 0.15) is 11.1 Å². The van der Waals surface area contributed by atoms with Crippen molar-refractivity contribution in [2.45, 2.75) is 13.1 Å². The van der Waals surface area contributed by atoms with Crippen LogP contribution in [0, 0.1) is 0 Å². The molecular weight excluding hydrogens is 459 g/mol. The Morgan fingerprint density at radius 1 is 0.656 bits per heavy atom. The number of amides is 2. The Morgan fingerprint density at radius 2 is 1.00 bits per heavy atom. The molecule has 0 saturated heterocycles. The van der Waals surface area contributed by atoms with E-state index in [1.807, 2.05) is 0 Å². The fraction of sp³-hybridized carbons (Fsp3) is 0.182. The Balaban J connectivity index is 1.59. The third-order valence-electron chi connectivity index (χ3n) is 3.85. The molecule has 2 amide bonds. The molecule has 10 heteroatoms. The molecule has 2 aromatic carbocycles. The van der Waals surface area contributed by atoms with E-state index in [1.165, 1.54) is 0 Å². The van der Waals surface area contributed by atoms with Crippen molar-refractivity contribution in [2.24, 2.45) is 0 Å². The summed E-state index contributed by atoms with van der Waals surface area (Å²) in [6.45, 7) is -0.538. The highest BCUT2D eigenvalue weighted by molar-refractivity contribution is 6.30. The maximum absolute atomic E-state index is 11.7. The number of carbonyl (C=O) groups excluding carboxylic acids is 4. The van der Waals surface area contributed by atoms with Gasteiger partial charge in [-0.05, 0) is 35.4 Å². The normalized spacial score (nSPS) is 10.4. The number of carbonyl (C=O) groups is 4. The van der Waals surface area contributed by atoms with E-state index in [1.54, 1.807) is 48.5 Å². The van der Waals surface area contributed by atoms with Gasteiger partial charge in [-0.15, -0.1) is 0 Å². The Bertz CT molecular complexity index is 895. The van der Waals surface area contributed by atoms with Gasteiger partial charge in [-0.3, -0.25) is 9.59 Å². The smallest absolute Gasteiger partial charge is 0.331 e. The first-order valence-electron chi connectivity index (χ1n) is 9.35. The van der Waals surface area contributed by atoms with Gasteiger partial charge in [0.25, 0.3) is 11.8 Å². The minimum atomic E-state index is -0.907. The van der Waals surface area contributed by atoms with Crippen LogP contribution >= 0.6 is 23.2 Å². The van der Waals surface area contributed by atoms with E-state index in [2.05, 4.69) is 10.6 Å². The second kappa shape index (κ2) is 13.1. The summed E-state index contributed by atoms with van der Waals surface area (Å²) in [4.78, 5) is 46.6. The summed E-state index contributed by atoms with van der Waals surface area (Å²) in [5.41, 5.74) is 1.66. The van der Waals surface area contributed by atoms with E-state index in [-0.39, 0.29) is 13.1 Å². The predicted molar refractivity (Wildman–Crippen MR) is 118 cm³/mol. The van der Waals surface area contributed by atoms with Crippen LogP contribution in [-0.4, -0.2) is 37.0 Å². The highest BCUT2D eigenvalue weighted by Gasteiger charge is 2.08. The van der Waals surface area contributed by atoms with Gasteiger partial charge in [0, 0.05) is 35.3 Å². The predicted octanol–water partition coefficient (Wildman–Crippen LogP) is 2.57. The van der Waals surface area contributed by atoms with Crippen LogP contribution in [0.25, 0.3) is 0 Å². The van der Waals surface area contributed by atoms with Gasteiger partial charge in [0.1, 0.15) is 0 Å².